The van der Waals surface area contributed by atoms with Gasteiger partial charge in [-0.1, -0.05) is 32.0 Å². The Morgan fingerprint density at radius 1 is 1.08 bits per heavy atom. The van der Waals surface area contributed by atoms with Gasteiger partial charge >= 0.3 is 6.01 Å². The van der Waals surface area contributed by atoms with Crippen molar-refractivity contribution < 1.29 is 13.2 Å². The van der Waals surface area contributed by atoms with Gasteiger partial charge in [0.15, 0.2) is 5.65 Å². The van der Waals surface area contributed by atoms with Crippen molar-refractivity contribution in [2.45, 2.75) is 69.4 Å². The molecule has 2 atom stereocenters. The molecule has 0 aliphatic carbocycles. The third-order valence-corrected chi connectivity index (χ3v) is 8.91. The molecule has 0 saturated carbocycles. The van der Waals surface area contributed by atoms with E-state index in [0.29, 0.717) is 41.2 Å². The molecule has 4 heterocycles. The molecule has 2 saturated heterocycles. The van der Waals surface area contributed by atoms with E-state index in [1.54, 1.807) is 21.0 Å². The number of hydrogen-bond acceptors (Lipinski definition) is 8. The Bertz CT molecular complexity index is 1310. The predicted molar refractivity (Wildman–Crippen MR) is 138 cm³/mol. The summed E-state index contributed by atoms with van der Waals surface area (Å²) in [5.41, 5.74) is 2.37. The first-order valence-electron chi connectivity index (χ1n) is 12.8. The highest BCUT2D eigenvalue weighted by Crippen LogP contribution is 2.30. The molecule has 2 aliphatic heterocycles. The Kier molecular flexibility index (Phi) is 7.14. The van der Waals surface area contributed by atoms with Gasteiger partial charge in [0.1, 0.15) is 6.10 Å². The summed E-state index contributed by atoms with van der Waals surface area (Å²) in [7, 11) is -3.58. The van der Waals surface area contributed by atoms with E-state index in [1.165, 1.54) is 0 Å². The first-order chi connectivity index (χ1) is 17.3. The Morgan fingerprint density at radius 2 is 1.86 bits per heavy atom. The van der Waals surface area contributed by atoms with Crippen LogP contribution in [0.4, 0.5) is 5.95 Å². The lowest BCUT2D eigenvalue weighted by atomic mass is 10.1. The number of rotatable bonds is 8. The molecule has 11 heteroatoms. The fraction of sp³-hybridized carbons (Fsp3) is 0.560. The molecular formula is C25H35N7O3S. The van der Waals surface area contributed by atoms with Crippen molar-refractivity contribution in [1.82, 2.24) is 29.2 Å². The summed E-state index contributed by atoms with van der Waals surface area (Å²) in [5.74, 6) is 0.685. The average Bonchev–Trinajstić information content (AvgIpc) is 3.56. The smallest absolute Gasteiger partial charge is 0.322 e. The SMILES string of the molecule is CC(C)c1cnn2c(NC(C)c3ccccc3S(=O)(=O)N3CCCC3)nc(OC3CCCNC3)nc12. The molecule has 2 aliphatic rings. The van der Waals surface area contributed by atoms with Gasteiger partial charge < -0.3 is 15.4 Å². The van der Waals surface area contributed by atoms with E-state index in [-0.39, 0.29) is 18.1 Å². The highest BCUT2D eigenvalue weighted by Gasteiger charge is 2.30. The van der Waals surface area contributed by atoms with Crippen molar-refractivity contribution in [1.29, 1.82) is 0 Å². The monoisotopic (exact) mass is 513 g/mol. The minimum atomic E-state index is -3.58. The van der Waals surface area contributed by atoms with E-state index < -0.39 is 10.0 Å². The molecular weight excluding hydrogens is 478 g/mol. The number of hydrogen-bond donors (Lipinski definition) is 2. The Balaban J connectivity index is 1.50. The van der Waals surface area contributed by atoms with Crippen LogP contribution in [0.2, 0.25) is 0 Å². The maximum Gasteiger partial charge on any atom is 0.322 e. The maximum atomic E-state index is 13.4. The van der Waals surface area contributed by atoms with Crippen LogP contribution >= 0.6 is 0 Å². The van der Waals surface area contributed by atoms with E-state index in [2.05, 4.69) is 34.6 Å². The highest BCUT2D eigenvalue weighted by molar-refractivity contribution is 7.89. The van der Waals surface area contributed by atoms with E-state index in [0.717, 1.165) is 44.3 Å². The summed E-state index contributed by atoms with van der Waals surface area (Å²) in [6, 6.07) is 7.12. The lowest BCUT2D eigenvalue weighted by Crippen LogP contribution is -2.37. The summed E-state index contributed by atoms with van der Waals surface area (Å²) < 4.78 is 36.2. The van der Waals surface area contributed by atoms with Gasteiger partial charge in [-0.2, -0.15) is 23.9 Å². The number of piperidine rings is 1. The second-order valence-electron chi connectivity index (χ2n) is 9.92. The van der Waals surface area contributed by atoms with Crippen LogP contribution < -0.4 is 15.4 Å². The molecule has 0 bridgehead atoms. The number of ether oxygens (including phenoxy) is 1. The molecule has 2 N–H and O–H groups in total. The van der Waals surface area contributed by atoms with Gasteiger partial charge in [-0.15, -0.1) is 0 Å². The molecule has 0 amide bonds. The zero-order chi connectivity index (χ0) is 25.3. The van der Waals surface area contributed by atoms with Crippen molar-refractivity contribution in [2.75, 3.05) is 31.5 Å². The normalized spacial score (nSPS) is 20.2. The molecule has 2 fully saturated rings. The zero-order valence-corrected chi connectivity index (χ0v) is 22.0. The lowest BCUT2D eigenvalue weighted by molar-refractivity contribution is 0.153. The van der Waals surface area contributed by atoms with Crippen LogP contribution in [0.25, 0.3) is 5.65 Å². The molecule has 2 aromatic heterocycles. The van der Waals surface area contributed by atoms with Gasteiger partial charge in [-0.05, 0) is 56.7 Å². The quantitative estimate of drug-likeness (QED) is 0.472. The first kappa shape index (κ1) is 24.9. The molecule has 1 aromatic carbocycles. The Morgan fingerprint density at radius 3 is 2.58 bits per heavy atom. The van der Waals surface area contributed by atoms with Crippen LogP contribution in [0.5, 0.6) is 6.01 Å². The first-order valence-corrected chi connectivity index (χ1v) is 14.3. The number of nitrogens with zero attached hydrogens (tertiary/aromatic N) is 5. The second kappa shape index (κ2) is 10.3. The van der Waals surface area contributed by atoms with Crippen LogP contribution in [-0.2, 0) is 10.0 Å². The van der Waals surface area contributed by atoms with Gasteiger partial charge in [0.05, 0.1) is 17.1 Å². The molecule has 36 heavy (non-hydrogen) atoms. The third kappa shape index (κ3) is 4.91. The molecule has 0 spiro atoms. The molecule has 2 unspecified atom stereocenters. The van der Waals surface area contributed by atoms with E-state index >= 15 is 0 Å². The molecule has 10 nitrogen and oxygen atoms in total. The van der Waals surface area contributed by atoms with Crippen LogP contribution in [-0.4, -0.2) is 64.6 Å². The van der Waals surface area contributed by atoms with Gasteiger partial charge in [0.2, 0.25) is 16.0 Å². The van der Waals surface area contributed by atoms with Crippen molar-refractivity contribution in [3.63, 3.8) is 0 Å². The Hall–Kier alpha value is -2.76. The van der Waals surface area contributed by atoms with E-state index in [1.807, 2.05) is 25.3 Å². The van der Waals surface area contributed by atoms with Crippen molar-refractivity contribution >= 4 is 21.6 Å². The van der Waals surface area contributed by atoms with E-state index in [4.69, 9.17) is 9.72 Å². The number of fused-ring (bicyclic) bond motifs is 1. The topological polar surface area (TPSA) is 114 Å². The van der Waals surface area contributed by atoms with Gasteiger partial charge in [-0.3, -0.25) is 0 Å². The van der Waals surface area contributed by atoms with Crippen molar-refractivity contribution in [2.24, 2.45) is 0 Å². The van der Waals surface area contributed by atoms with Crippen LogP contribution in [0.3, 0.4) is 0 Å². The number of sulfonamides is 1. The highest BCUT2D eigenvalue weighted by atomic mass is 32.2. The summed E-state index contributed by atoms with van der Waals surface area (Å²) in [6.07, 6.45) is 5.58. The second-order valence-corrected chi connectivity index (χ2v) is 11.8. The van der Waals surface area contributed by atoms with Crippen molar-refractivity contribution in [3.05, 3.63) is 41.6 Å². The Labute approximate surface area is 212 Å². The summed E-state index contributed by atoms with van der Waals surface area (Å²) >= 11 is 0. The number of aromatic nitrogens is 4. The minimum absolute atomic E-state index is 0.00299. The van der Waals surface area contributed by atoms with Crippen molar-refractivity contribution in [3.8, 4) is 6.01 Å². The summed E-state index contributed by atoms with van der Waals surface area (Å²) in [4.78, 5) is 9.69. The molecule has 3 aromatic rings. The fourth-order valence-corrected chi connectivity index (χ4v) is 6.72. The number of anilines is 1. The largest absolute Gasteiger partial charge is 0.459 e. The van der Waals surface area contributed by atoms with Gasteiger partial charge in [0, 0.05) is 25.2 Å². The maximum absolute atomic E-state index is 13.4. The zero-order valence-electron chi connectivity index (χ0n) is 21.1. The molecule has 5 rings (SSSR count). The summed E-state index contributed by atoms with van der Waals surface area (Å²) in [6.45, 7) is 9.00. The van der Waals surface area contributed by atoms with Crippen LogP contribution in [0.1, 0.15) is 69.5 Å². The fourth-order valence-electron chi connectivity index (χ4n) is 4.91. The minimum Gasteiger partial charge on any atom is -0.459 e. The van der Waals surface area contributed by atoms with Gasteiger partial charge in [0.25, 0.3) is 0 Å². The predicted octanol–water partition coefficient (Wildman–Crippen LogP) is 3.34. The number of benzene rings is 1. The summed E-state index contributed by atoms with van der Waals surface area (Å²) in [5, 5.41) is 11.3. The third-order valence-electron chi connectivity index (χ3n) is 6.93. The molecule has 194 valence electrons. The van der Waals surface area contributed by atoms with Gasteiger partial charge in [-0.25, -0.2) is 8.42 Å². The standard InChI is InChI=1S/C25H35N7O3S/c1-17(2)21-16-27-32-23(21)29-25(35-19-9-8-12-26-15-19)30-24(32)28-18(3)20-10-4-5-11-22(20)36(33,34)31-13-6-7-14-31/h4-5,10-11,16-19,26H,6-9,12-15H2,1-3H3,(H,28,29,30). The molecule has 0 radical (unpaired) electrons. The lowest BCUT2D eigenvalue weighted by Gasteiger charge is -2.24. The van der Waals surface area contributed by atoms with Crippen LogP contribution in [0.15, 0.2) is 35.4 Å². The van der Waals surface area contributed by atoms with E-state index in [9.17, 15) is 8.42 Å². The average molecular weight is 514 g/mol. The van der Waals surface area contributed by atoms with Crippen LogP contribution in [0, 0.1) is 0 Å². The number of nitrogens with one attached hydrogen (secondary N) is 2.